The molecule has 0 aromatic heterocycles. The van der Waals surface area contributed by atoms with Crippen LogP contribution in [0.25, 0.3) is 0 Å². The number of carbonyl (C=O) groups excluding carboxylic acids is 1. The third-order valence-corrected chi connectivity index (χ3v) is 3.04. The van der Waals surface area contributed by atoms with Crippen LogP contribution in [0, 0.1) is 5.82 Å². The Morgan fingerprint density at radius 1 is 1.30 bits per heavy atom. The van der Waals surface area contributed by atoms with E-state index < -0.39 is 11.7 Å². The second-order valence-corrected chi connectivity index (χ2v) is 5.99. The van der Waals surface area contributed by atoms with Gasteiger partial charge in [-0.15, -0.1) is 0 Å². The number of benzene rings is 1. The first kappa shape index (κ1) is 14.6. The monoisotopic (exact) mass is 280 g/mol. The molecule has 1 aliphatic rings. The highest BCUT2D eigenvalue weighted by Crippen LogP contribution is 2.26. The van der Waals surface area contributed by atoms with Gasteiger partial charge >= 0.3 is 6.09 Å². The average Bonchev–Trinajstić information content (AvgIpc) is 2.79. The summed E-state index contributed by atoms with van der Waals surface area (Å²) in [7, 11) is 0. The SMILES string of the molecule is CC(C)(C)OC(=O)Nc1ccc(N2CCCC2)c(F)c1. The molecule has 1 aromatic carbocycles. The normalized spacial score (nSPS) is 15.3. The highest BCUT2D eigenvalue weighted by Gasteiger charge is 2.18. The average molecular weight is 280 g/mol. The van der Waals surface area contributed by atoms with Crippen LogP contribution in [0.4, 0.5) is 20.6 Å². The summed E-state index contributed by atoms with van der Waals surface area (Å²) in [5.74, 6) is -0.319. The summed E-state index contributed by atoms with van der Waals surface area (Å²) in [6, 6.07) is 4.73. The number of halogens is 1. The van der Waals surface area contributed by atoms with Crippen molar-refractivity contribution >= 4 is 17.5 Å². The predicted octanol–water partition coefficient (Wildman–Crippen LogP) is 3.77. The van der Waals surface area contributed by atoms with Crippen molar-refractivity contribution in [2.75, 3.05) is 23.3 Å². The maximum atomic E-state index is 14.1. The first-order valence-corrected chi connectivity index (χ1v) is 6.90. The second-order valence-electron chi connectivity index (χ2n) is 5.99. The van der Waals surface area contributed by atoms with Crippen molar-refractivity contribution in [2.24, 2.45) is 0 Å². The molecule has 1 aliphatic heterocycles. The number of anilines is 2. The fourth-order valence-corrected chi connectivity index (χ4v) is 2.22. The number of nitrogens with zero attached hydrogens (tertiary/aromatic N) is 1. The van der Waals surface area contributed by atoms with E-state index in [9.17, 15) is 9.18 Å². The van der Waals surface area contributed by atoms with E-state index in [0.29, 0.717) is 11.4 Å². The number of hydrogen-bond donors (Lipinski definition) is 1. The minimum atomic E-state index is -0.578. The van der Waals surface area contributed by atoms with Crippen LogP contribution >= 0.6 is 0 Å². The molecule has 0 radical (unpaired) electrons. The van der Waals surface area contributed by atoms with Gasteiger partial charge in [0.2, 0.25) is 0 Å². The molecule has 2 rings (SSSR count). The first-order valence-electron chi connectivity index (χ1n) is 6.90. The zero-order valence-corrected chi connectivity index (χ0v) is 12.2. The molecule has 0 aliphatic carbocycles. The van der Waals surface area contributed by atoms with Crippen LogP contribution in [0.5, 0.6) is 0 Å². The Hall–Kier alpha value is -1.78. The van der Waals surface area contributed by atoms with Gasteiger partial charge in [-0.3, -0.25) is 5.32 Å². The van der Waals surface area contributed by atoms with Gasteiger partial charge in [0, 0.05) is 18.8 Å². The van der Waals surface area contributed by atoms with Gasteiger partial charge < -0.3 is 9.64 Å². The van der Waals surface area contributed by atoms with Crippen molar-refractivity contribution < 1.29 is 13.9 Å². The fraction of sp³-hybridized carbons (Fsp3) is 0.533. The minimum Gasteiger partial charge on any atom is -0.444 e. The number of hydrogen-bond acceptors (Lipinski definition) is 3. The van der Waals surface area contributed by atoms with Gasteiger partial charge in [0.25, 0.3) is 0 Å². The van der Waals surface area contributed by atoms with E-state index in [1.54, 1.807) is 32.9 Å². The third kappa shape index (κ3) is 3.85. The lowest BCUT2D eigenvalue weighted by atomic mass is 10.2. The van der Waals surface area contributed by atoms with E-state index >= 15 is 0 Å². The van der Waals surface area contributed by atoms with E-state index in [0.717, 1.165) is 25.9 Å². The number of carbonyl (C=O) groups is 1. The Morgan fingerprint density at radius 2 is 1.95 bits per heavy atom. The van der Waals surface area contributed by atoms with E-state index in [2.05, 4.69) is 5.32 Å². The van der Waals surface area contributed by atoms with Crippen molar-refractivity contribution in [3.05, 3.63) is 24.0 Å². The quantitative estimate of drug-likeness (QED) is 0.896. The number of ether oxygens (including phenoxy) is 1. The molecule has 0 atom stereocenters. The Labute approximate surface area is 118 Å². The molecular weight excluding hydrogens is 259 g/mol. The topological polar surface area (TPSA) is 41.6 Å². The standard InChI is InChI=1S/C15H21FN2O2/c1-15(2,3)20-14(19)17-11-6-7-13(12(16)10-11)18-8-4-5-9-18/h6-7,10H,4-5,8-9H2,1-3H3,(H,17,19). The summed E-state index contributed by atoms with van der Waals surface area (Å²) in [5, 5.41) is 2.54. The van der Waals surface area contributed by atoms with E-state index in [-0.39, 0.29) is 5.82 Å². The van der Waals surface area contributed by atoms with Crippen LogP contribution in [-0.2, 0) is 4.74 Å². The van der Waals surface area contributed by atoms with E-state index in [1.807, 2.05) is 4.90 Å². The van der Waals surface area contributed by atoms with Gasteiger partial charge in [0.05, 0.1) is 5.69 Å². The van der Waals surface area contributed by atoms with Crippen LogP contribution < -0.4 is 10.2 Å². The van der Waals surface area contributed by atoms with Crippen molar-refractivity contribution in [1.82, 2.24) is 0 Å². The molecular formula is C15H21FN2O2. The lowest BCUT2D eigenvalue weighted by Gasteiger charge is -2.21. The molecule has 0 saturated carbocycles. The van der Waals surface area contributed by atoms with Gasteiger partial charge in [-0.05, 0) is 51.8 Å². The summed E-state index contributed by atoms with van der Waals surface area (Å²) in [6.07, 6.45) is 1.61. The molecule has 110 valence electrons. The zero-order chi connectivity index (χ0) is 14.8. The van der Waals surface area contributed by atoms with Gasteiger partial charge in [0.15, 0.2) is 0 Å². The molecule has 1 saturated heterocycles. The van der Waals surface area contributed by atoms with Crippen LogP contribution in [0.1, 0.15) is 33.6 Å². The summed E-state index contributed by atoms with van der Waals surface area (Å²) in [4.78, 5) is 13.6. The molecule has 0 spiro atoms. The van der Waals surface area contributed by atoms with Crippen LogP contribution in [-0.4, -0.2) is 24.8 Å². The lowest BCUT2D eigenvalue weighted by Crippen LogP contribution is -2.27. The van der Waals surface area contributed by atoms with Crippen molar-refractivity contribution in [2.45, 2.75) is 39.2 Å². The third-order valence-electron chi connectivity index (χ3n) is 3.04. The number of amides is 1. The molecule has 1 N–H and O–H groups in total. The zero-order valence-electron chi connectivity index (χ0n) is 12.2. The van der Waals surface area contributed by atoms with Crippen LogP contribution in [0.2, 0.25) is 0 Å². The maximum absolute atomic E-state index is 14.1. The van der Waals surface area contributed by atoms with Gasteiger partial charge in [-0.25, -0.2) is 9.18 Å². The van der Waals surface area contributed by atoms with E-state index in [1.165, 1.54) is 6.07 Å². The van der Waals surface area contributed by atoms with Gasteiger partial charge in [0.1, 0.15) is 11.4 Å². The summed E-state index contributed by atoms with van der Waals surface area (Å²) < 4.78 is 19.2. The largest absolute Gasteiger partial charge is 0.444 e. The molecule has 4 nitrogen and oxygen atoms in total. The van der Waals surface area contributed by atoms with Crippen molar-refractivity contribution in [3.63, 3.8) is 0 Å². The lowest BCUT2D eigenvalue weighted by molar-refractivity contribution is 0.0636. The van der Waals surface area contributed by atoms with Crippen molar-refractivity contribution in [1.29, 1.82) is 0 Å². The van der Waals surface area contributed by atoms with Gasteiger partial charge in [-0.2, -0.15) is 0 Å². The second kappa shape index (κ2) is 5.69. The number of nitrogens with one attached hydrogen (secondary N) is 1. The first-order chi connectivity index (χ1) is 9.35. The molecule has 1 heterocycles. The molecule has 1 aromatic rings. The summed E-state index contributed by atoms with van der Waals surface area (Å²) in [5.41, 5.74) is 0.426. The molecule has 1 amide bonds. The Bertz CT molecular complexity index is 491. The molecule has 0 unspecified atom stereocenters. The minimum absolute atomic E-state index is 0.319. The number of rotatable bonds is 2. The Kier molecular flexibility index (Phi) is 4.16. The van der Waals surface area contributed by atoms with E-state index in [4.69, 9.17) is 4.74 Å². The molecule has 20 heavy (non-hydrogen) atoms. The summed E-state index contributed by atoms with van der Waals surface area (Å²) >= 11 is 0. The van der Waals surface area contributed by atoms with Gasteiger partial charge in [-0.1, -0.05) is 0 Å². The highest BCUT2D eigenvalue weighted by molar-refractivity contribution is 5.85. The Balaban J connectivity index is 2.03. The molecule has 5 heteroatoms. The molecule has 1 fully saturated rings. The molecule has 0 bridgehead atoms. The fourth-order valence-electron chi connectivity index (χ4n) is 2.22. The maximum Gasteiger partial charge on any atom is 0.412 e. The smallest absolute Gasteiger partial charge is 0.412 e. The van der Waals surface area contributed by atoms with Crippen LogP contribution in [0.3, 0.4) is 0 Å². The highest BCUT2D eigenvalue weighted by atomic mass is 19.1. The Morgan fingerprint density at radius 3 is 2.50 bits per heavy atom. The summed E-state index contributed by atoms with van der Waals surface area (Å²) in [6.45, 7) is 7.11. The van der Waals surface area contributed by atoms with Crippen LogP contribution in [0.15, 0.2) is 18.2 Å². The van der Waals surface area contributed by atoms with Crippen molar-refractivity contribution in [3.8, 4) is 0 Å². The predicted molar refractivity (Wildman–Crippen MR) is 77.7 cm³/mol.